The molecule has 5 nitrogen and oxygen atoms in total. The normalized spacial score (nSPS) is 18.9. The molecule has 1 amide bonds. The summed E-state index contributed by atoms with van der Waals surface area (Å²) in [7, 11) is -3.44. The van der Waals surface area contributed by atoms with E-state index in [0.29, 0.717) is 19.0 Å². The van der Waals surface area contributed by atoms with E-state index < -0.39 is 10.0 Å². The number of likely N-dealkylation sites (tertiary alicyclic amines) is 1. The molecule has 1 aromatic rings. The average molecular weight is 365 g/mol. The van der Waals surface area contributed by atoms with Gasteiger partial charge >= 0.3 is 0 Å². The van der Waals surface area contributed by atoms with Gasteiger partial charge in [-0.15, -0.1) is 0 Å². The lowest BCUT2D eigenvalue weighted by Crippen LogP contribution is -2.38. The molecule has 0 saturated carbocycles. The zero-order valence-electron chi connectivity index (χ0n) is 15.3. The third-order valence-corrected chi connectivity index (χ3v) is 6.67. The molecule has 25 heavy (non-hydrogen) atoms. The summed E-state index contributed by atoms with van der Waals surface area (Å²) < 4.78 is 26.3. The van der Waals surface area contributed by atoms with Crippen LogP contribution < -0.4 is 0 Å². The molecule has 0 radical (unpaired) electrons. The minimum absolute atomic E-state index is 0.0198. The van der Waals surface area contributed by atoms with E-state index in [9.17, 15) is 13.2 Å². The highest BCUT2D eigenvalue weighted by molar-refractivity contribution is 7.89. The van der Waals surface area contributed by atoms with Crippen LogP contribution in [0, 0.1) is 5.92 Å². The van der Waals surface area contributed by atoms with Crippen LogP contribution in [0.3, 0.4) is 0 Å². The Morgan fingerprint density at radius 2 is 1.88 bits per heavy atom. The molecule has 138 valence electrons. The van der Waals surface area contributed by atoms with Gasteiger partial charge in [0.2, 0.25) is 15.9 Å². The molecule has 1 aliphatic rings. The molecule has 6 heteroatoms. The lowest BCUT2D eigenvalue weighted by Gasteiger charge is -2.30. The highest BCUT2D eigenvalue weighted by Gasteiger charge is 2.21. The van der Waals surface area contributed by atoms with Crippen molar-refractivity contribution in [2.45, 2.75) is 38.5 Å². The monoisotopic (exact) mass is 364 g/mol. The summed E-state index contributed by atoms with van der Waals surface area (Å²) in [5.41, 5.74) is 0.817. The molecule has 0 aliphatic carbocycles. The number of sulfonamides is 1. The highest BCUT2D eigenvalue weighted by Crippen LogP contribution is 2.18. The zero-order chi connectivity index (χ0) is 18.4. The number of hydrogen-bond donors (Lipinski definition) is 0. The predicted molar refractivity (Wildman–Crippen MR) is 101 cm³/mol. The van der Waals surface area contributed by atoms with Gasteiger partial charge in [0.25, 0.3) is 0 Å². The molecule has 1 atom stereocenters. The van der Waals surface area contributed by atoms with Crippen LogP contribution in [0.5, 0.6) is 0 Å². The summed E-state index contributed by atoms with van der Waals surface area (Å²) in [6.45, 7) is 8.33. The fourth-order valence-corrected chi connectivity index (χ4v) is 4.58. The number of nitrogens with zero attached hydrogens (tertiary/aromatic N) is 2. The van der Waals surface area contributed by atoms with E-state index in [4.69, 9.17) is 0 Å². The molecule has 1 heterocycles. The van der Waals surface area contributed by atoms with Gasteiger partial charge < -0.3 is 4.90 Å². The molecule has 1 aromatic carbocycles. The Kier molecular flexibility index (Phi) is 6.79. The summed E-state index contributed by atoms with van der Waals surface area (Å²) in [6, 6.07) is 6.67. The van der Waals surface area contributed by atoms with Crippen LogP contribution in [0.15, 0.2) is 35.2 Å². The number of piperidine rings is 1. The molecule has 2 rings (SSSR count). The zero-order valence-corrected chi connectivity index (χ0v) is 16.1. The largest absolute Gasteiger partial charge is 0.339 e. The molecule has 1 saturated heterocycles. The van der Waals surface area contributed by atoms with E-state index in [2.05, 4.69) is 6.92 Å². The van der Waals surface area contributed by atoms with Crippen molar-refractivity contribution >= 4 is 22.0 Å². The van der Waals surface area contributed by atoms with Crippen LogP contribution in [0.4, 0.5) is 0 Å². The molecule has 0 bridgehead atoms. The van der Waals surface area contributed by atoms with Crippen molar-refractivity contribution in [1.82, 2.24) is 9.21 Å². The van der Waals surface area contributed by atoms with E-state index in [1.807, 2.05) is 18.7 Å². The summed E-state index contributed by atoms with van der Waals surface area (Å²) in [5.74, 6) is 0.571. The minimum atomic E-state index is -3.44. The van der Waals surface area contributed by atoms with Gasteiger partial charge in [-0.25, -0.2) is 8.42 Å². The molecular formula is C19H28N2O3S. The first-order chi connectivity index (χ1) is 11.9. The first-order valence-electron chi connectivity index (χ1n) is 8.95. The van der Waals surface area contributed by atoms with Crippen molar-refractivity contribution in [3.8, 4) is 0 Å². The van der Waals surface area contributed by atoms with Crippen molar-refractivity contribution in [3.05, 3.63) is 35.9 Å². The minimum Gasteiger partial charge on any atom is -0.339 e. The van der Waals surface area contributed by atoms with Crippen LogP contribution in [-0.2, 0) is 14.8 Å². The smallest absolute Gasteiger partial charge is 0.246 e. The summed E-state index contributed by atoms with van der Waals surface area (Å²) in [4.78, 5) is 14.4. The molecule has 1 aliphatic heterocycles. The summed E-state index contributed by atoms with van der Waals surface area (Å²) >= 11 is 0. The Morgan fingerprint density at radius 1 is 1.24 bits per heavy atom. The Hall–Kier alpha value is -1.66. The van der Waals surface area contributed by atoms with E-state index >= 15 is 0 Å². The molecule has 1 unspecified atom stereocenters. The third kappa shape index (κ3) is 4.92. The number of amides is 1. The molecule has 0 spiro atoms. The maximum Gasteiger partial charge on any atom is 0.246 e. The first-order valence-corrected chi connectivity index (χ1v) is 10.4. The second-order valence-electron chi connectivity index (χ2n) is 6.52. The third-order valence-electron chi connectivity index (χ3n) is 4.61. The molecule has 0 N–H and O–H groups in total. The van der Waals surface area contributed by atoms with Gasteiger partial charge in [0.1, 0.15) is 0 Å². The quantitative estimate of drug-likeness (QED) is 0.729. The lowest BCUT2D eigenvalue weighted by atomic mass is 10.0. The van der Waals surface area contributed by atoms with Crippen LogP contribution in [0.25, 0.3) is 6.08 Å². The molecular weight excluding hydrogens is 336 g/mol. The number of carbonyl (C=O) groups is 1. The maximum absolute atomic E-state index is 12.5. The number of hydrogen-bond acceptors (Lipinski definition) is 3. The SMILES string of the molecule is CCN(CC)S(=O)(=O)c1ccc(/C=C/C(=O)N2CCCC(C)C2)cc1. The topological polar surface area (TPSA) is 57.7 Å². The second-order valence-corrected chi connectivity index (χ2v) is 8.46. The van der Waals surface area contributed by atoms with Gasteiger partial charge in [-0.2, -0.15) is 4.31 Å². The van der Waals surface area contributed by atoms with Crippen LogP contribution in [0.2, 0.25) is 0 Å². The first kappa shape index (κ1) is 19.7. The number of benzene rings is 1. The predicted octanol–water partition coefficient (Wildman–Crippen LogP) is 2.99. The maximum atomic E-state index is 12.5. The highest BCUT2D eigenvalue weighted by atomic mass is 32.2. The second kappa shape index (κ2) is 8.63. The van der Waals surface area contributed by atoms with E-state index in [-0.39, 0.29) is 10.8 Å². The number of rotatable bonds is 6. The van der Waals surface area contributed by atoms with Crippen molar-refractivity contribution in [2.75, 3.05) is 26.2 Å². The van der Waals surface area contributed by atoms with Crippen molar-refractivity contribution < 1.29 is 13.2 Å². The number of carbonyl (C=O) groups excluding carboxylic acids is 1. The van der Waals surface area contributed by atoms with Crippen LogP contribution in [0.1, 0.15) is 39.2 Å². The summed E-state index contributed by atoms with van der Waals surface area (Å²) in [5, 5.41) is 0. The van der Waals surface area contributed by atoms with Crippen molar-refractivity contribution in [3.63, 3.8) is 0 Å². The summed E-state index contributed by atoms with van der Waals surface area (Å²) in [6.07, 6.45) is 5.55. The Labute approximate surface area is 151 Å². The van der Waals surface area contributed by atoms with Gasteiger partial charge in [0.15, 0.2) is 0 Å². The van der Waals surface area contributed by atoms with Crippen LogP contribution in [-0.4, -0.2) is 49.7 Å². The molecule has 1 fully saturated rings. The van der Waals surface area contributed by atoms with Gasteiger partial charge in [-0.1, -0.05) is 32.9 Å². The van der Waals surface area contributed by atoms with Crippen molar-refractivity contribution in [2.24, 2.45) is 5.92 Å². The van der Waals surface area contributed by atoms with Gasteiger partial charge in [0.05, 0.1) is 4.90 Å². The van der Waals surface area contributed by atoms with Gasteiger partial charge in [-0.05, 0) is 42.5 Å². The Balaban J connectivity index is 2.06. The standard InChI is InChI=1S/C19H28N2O3S/c1-4-21(5-2)25(23,24)18-11-8-17(9-12-18)10-13-19(22)20-14-6-7-16(3)15-20/h8-13,16H,4-7,14-15H2,1-3H3/b13-10+. The average Bonchev–Trinajstić information content (AvgIpc) is 2.61. The van der Waals surface area contributed by atoms with Crippen molar-refractivity contribution in [1.29, 1.82) is 0 Å². The van der Waals surface area contributed by atoms with Gasteiger partial charge in [-0.3, -0.25) is 4.79 Å². The van der Waals surface area contributed by atoms with Crippen LogP contribution >= 0.6 is 0 Å². The van der Waals surface area contributed by atoms with E-state index in [1.54, 1.807) is 36.4 Å². The lowest BCUT2D eigenvalue weighted by molar-refractivity contribution is -0.127. The fraction of sp³-hybridized carbons (Fsp3) is 0.526. The van der Waals surface area contributed by atoms with Gasteiger partial charge in [0, 0.05) is 32.3 Å². The Bertz CT molecular complexity index is 707. The molecule has 0 aromatic heterocycles. The van der Waals surface area contributed by atoms with E-state index in [1.165, 1.54) is 10.7 Å². The fourth-order valence-electron chi connectivity index (χ4n) is 3.13. The Morgan fingerprint density at radius 3 is 2.44 bits per heavy atom. The van der Waals surface area contributed by atoms with E-state index in [0.717, 1.165) is 25.1 Å².